The number of para-hydroxylation sites is 2. The summed E-state index contributed by atoms with van der Waals surface area (Å²) in [5.74, 6) is 0. The lowest BCUT2D eigenvalue weighted by molar-refractivity contribution is 1.19. The highest BCUT2D eigenvalue weighted by Crippen LogP contribution is 2.50. The molecule has 0 N–H and O–H groups in total. The van der Waals surface area contributed by atoms with Gasteiger partial charge in [0, 0.05) is 31.9 Å². The Morgan fingerprint density at radius 2 is 1.07 bits per heavy atom. The summed E-state index contributed by atoms with van der Waals surface area (Å²) in [6.45, 7) is 0. The van der Waals surface area contributed by atoms with Crippen LogP contribution in [0.1, 0.15) is 0 Å². The minimum atomic E-state index is 0.879. The molecule has 3 heterocycles. The van der Waals surface area contributed by atoms with Crippen LogP contribution in [0.2, 0.25) is 0 Å². The van der Waals surface area contributed by atoms with Crippen LogP contribution < -0.4 is 0 Å². The molecule has 1 aliphatic rings. The smallest absolute Gasteiger partial charge is 0.116 e. The van der Waals surface area contributed by atoms with E-state index in [0.29, 0.717) is 0 Å². The summed E-state index contributed by atoms with van der Waals surface area (Å²) in [5.41, 5.74) is 13.4. The summed E-state index contributed by atoms with van der Waals surface area (Å²) >= 11 is 1.80. The van der Waals surface area contributed by atoms with Crippen molar-refractivity contribution in [3.63, 3.8) is 0 Å². The van der Waals surface area contributed by atoms with Crippen molar-refractivity contribution in [3.05, 3.63) is 146 Å². The van der Waals surface area contributed by atoms with Crippen LogP contribution in [0.4, 0.5) is 0 Å². The Morgan fingerprint density at radius 1 is 0.400 bits per heavy atom. The average Bonchev–Trinajstić information content (AvgIpc) is 3.12. The van der Waals surface area contributed by atoms with Crippen molar-refractivity contribution in [1.29, 1.82) is 0 Å². The molecule has 0 saturated heterocycles. The summed E-state index contributed by atoms with van der Waals surface area (Å²) < 4.78 is 0. The fraction of sp³-hybridized carbons (Fsp3) is 0. The number of hydrogen-bond acceptors (Lipinski definition) is 5. The van der Waals surface area contributed by atoms with Gasteiger partial charge in [-0.25, -0.2) is 19.9 Å². The van der Waals surface area contributed by atoms with Gasteiger partial charge in [-0.2, -0.15) is 0 Å². The van der Waals surface area contributed by atoms with Gasteiger partial charge in [0.25, 0.3) is 0 Å². The van der Waals surface area contributed by atoms with Gasteiger partial charge in [-0.1, -0.05) is 121 Å². The van der Waals surface area contributed by atoms with E-state index in [2.05, 4.69) is 102 Å². The van der Waals surface area contributed by atoms with Crippen LogP contribution in [0.25, 0.3) is 78.0 Å². The second-order valence-electron chi connectivity index (χ2n) is 11.1. The number of aromatic nitrogens is 4. The number of fused-ring (bicyclic) bond motifs is 3. The number of nitrogens with zero attached hydrogens (tertiary/aromatic N) is 4. The molecule has 0 amide bonds. The highest BCUT2D eigenvalue weighted by Gasteiger charge is 2.23. The maximum Gasteiger partial charge on any atom is 0.116 e. The van der Waals surface area contributed by atoms with Crippen molar-refractivity contribution in [2.75, 3.05) is 0 Å². The summed E-state index contributed by atoms with van der Waals surface area (Å²) in [6, 6.07) is 48.6. The molecule has 0 fully saturated rings. The zero-order valence-electron chi connectivity index (χ0n) is 24.1. The van der Waals surface area contributed by atoms with Crippen LogP contribution in [0.15, 0.2) is 156 Å². The predicted octanol–water partition coefficient (Wildman–Crippen LogP) is 10.4. The van der Waals surface area contributed by atoms with Crippen LogP contribution in [0.5, 0.6) is 0 Å². The molecule has 8 aromatic rings. The molecular formula is C40H24N4S. The lowest BCUT2D eigenvalue weighted by atomic mass is 9.96. The van der Waals surface area contributed by atoms with E-state index in [1.807, 2.05) is 42.5 Å². The molecule has 0 atom stereocenters. The minimum Gasteiger partial charge on any atom is -0.244 e. The third kappa shape index (κ3) is 4.40. The molecule has 9 rings (SSSR count). The molecule has 5 heteroatoms. The van der Waals surface area contributed by atoms with E-state index in [4.69, 9.17) is 15.0 Å². The fourth-order valence-electron chi connectivity index (χ4n) is 6.21. The first-order valence-electron chi connectivity index (χ1n) is 14.9. The van der Waals surface area contributed by atoms with Crippen LogP contribution in [0, 0.1) is 0 Å². The summed E-state index contributed by atoms with van der Waals surface area (Å²) in [5, 5.41) is 1.13. The van der Waals surface area contributed by atoms with E-state index < -0.39 is 0 Å². The maximum atomic E-state index is 5.11. The van der Waals surface area contributed by atoms with Gasteiger partial charge in [0.1, 0.15) is 6.33 Å². The van der Waals surface area contributed by atoms with Crippen molar-refractivity contribution in [3.8, 4) is 56.0 Å². The largest absolute Gasteiger partial charge is 0.244 e. The van der Waals surface area contributed by atoms with Crippen LogP contribution in [-0.4, -0.2) is 19.9 Å². The van der Waals surface area contributed by atoms with Gasteiger partial charge in [-0.15, -0.1) is 0 Å². The van der Waals surface area contributed by atoms with Crippen LogP contribution in [-0.2, 0) is 0 Å². The number of benzene rings is 6. The minimum absolute atomic E-state index is 0.879. The normalized spacial score (nSPS) is 11.9. The third-order valence-electron chi connectivity index (χ3n) is 8.39. The van der Waals surface area contributed by atoms with Crippen LogP contribution >= 0.6 is 11.8 Å². The third-order valence-corrected chi connectivity index (χ3v) is 9.60. The molecule has 45 heavy (non-hydrogen) atoms. The summed E-state index contributed by atoms with van der Waals surface area (Å²) in [6.07, 6.45) is 1.67. The fourth-order valence-corrected chi connectivity index (χ4v) is 7.45. The van der Waals surface area contributed by atoms with Crippen molar-refractivity contribution < 1.29 is 0 Å². The standard InChI is InChI=1S/C40H24N4S/c1-2-9-27(10-3-1)37-38(44-33-15-6-5-14-32(33)43-37)29-12-8-11-28(23-29)25-17-19-26(20-18-25)30-21-22-34-36-39(42-24-41-34)31-13-4-7-16-35(31)45-40(30)36/h1-24H. The lowest BCUT2D eigenvalue weighted by Gasteiger charge is -2.21. The average molecular weight is 593 g/mol. The van der Waals surface area contributed by atoms with Gasteiger partial charge in [-0.05, 0) is 52.6 Å². The highest BCUT2D eigenvalue weighted by molar-refractivity contribution is 8.00. The van der Waals surface area contributed by atoms with Crippen molar-refractivity contribution in [1.82, 2.24) is 19.9 Å². The zero-order valence-corrected chi connectivity index (χ0v) is 24.9. The van der Waals surface area contributed by atoms with Gasteiger partial charge in [-0.3, -0.25) is 0 Å². The van der Waals surface area contributed by atoms with E-state index in [-0.39, 0.29) is 0 Å². The molecule has 0 spiro atoms. The van der Waals surface area contributed by atoms with Crippen molar-refractivity contribution in [2.24, 2.45) is 0 Å². The Hall–Kier alpha value is -5.65. The van der Waals surface area contributed by atoms with Gasteiger partial charge in [0.15, 0.2) is 0 Å². The monoisotopic (exact) mass is 592 g/mol. The van der Waals surface area contributed by atoms with E-state index in [1.165, 1.54) is 26.5 Å². The predicted molar refractivity (Wildman–Crippen MR) is 184 cm³/mol. The van der Waals surface area contributed by atoms with E-state index in [0.717, 1.165) is 61.3 Å². The van der Waals surface area contributed by atoms with Gasteiger partial charge in [0.05, 0.1) is 33.6 Å². The van der Waals surface area contributed by atoms with Crippen molar-refractivity contribution in [2.45, 2.75) is 9.79 Å². The summed E-state index contributed by atoms with van der Waals surface area (Å²) in [4.78, 5) is 21.9. The van der Waals surface area contributed by atoms with Gasteiger partial charge in [0.2, 0.25) is 0 Å². The molecular weight excluding hydrogens is 569 g/mol. The molecule has 0 unspecified atom stereocenters. The molecule has 0 radical (unpaired) electrons. The Labute approximate surface area is 264 Å². The Morgan fingerprint density at radius 3 is 1.89 bits per heavy atom. The van der Waals surface area contributed by atoms with E-state index in [9.17, 15) is 0 Å². The van der Waals surface area contributed by atoms with E-state index >= 15 is 0 Å². The quantitative estimate of drug-likeness (QED) is 0.203. The van der Waals surface area contributed by atoms with Crippen molar-refractivity contribution >= 4 is 33.7 Å². The molecule has 0 saturated carbocycles. The molecule has 210 valence electrons. The summed E-state index contributed by atoms with van der Waals surface area (Å²) in [7, 11) is 0. The first-order valence-corrected chi connectivity index (χ1v) is 15.7. The molecule has 1 aliphatic heterocycles. The zero-order chi connectivity index (χ0) is 29.7. The highest BCUT2D eigenvalue weighted by atomic mass is 32.2. The Kier molecular flexibility index (Phi) is 6.03. The van der Waals surface area contributed by atoms with Crippen LogP contribution in [0.3, 0.4) is 0 Å². The number of hydrogen-bond donors (Lipinski definition) is 0. The maximum absolute atomic E-state index is 5.11. The molecule has 6 aromatic carbocycles. The van der Waals surface area contributed by atoms with E-state index in [1.54, 1.807) is 18.1 Å². The Balaban J connectivity index is 1.12. The van der Waals surface area contributed by atoms with Gasteiger partial charge < -0.3 is 0 Å². The second kappa shape index (κ2) is 10.5. The molecule has 2 aromatic heterocycles. The SMILES string of the molecule is c1ccc(-c2nc3ccccc3nc2-c2cccc(-c3ccc(-c4ccc5ncnc6c5c4Sc4ccccc4-6)cc3)c2)cc1. The molecule has 0 aliphatic carbocycles. The van der Waals surface area contributed by atoms with Gasteiger partial charge >= 0.3 is 0 Å². The number of rotatable bonds is 4. The molecule has 4 nitrogen and oxygen atoms in total. The first-order chi connectivity index (χ1) is 22.3. The molecule has 0 bridgehead atoms. The lowest BCUT2D eigenvalue weighted by Crippen LogP contribution is -1.98. The topological polar surface area (TPSA) is 51.6 Å². The first kappa shape index (κ1) is 25.8. The second-order valence-corrected chi connectivity index (χ2v) is 12.1. The Bertz CT molecular complexity index is 2400.